The van der Waals surface area contributed by atoms with E-state index in [2.05, 4.69) is 21.2 Å². The number of nitrogens with one attached hydrogen (secondary N) is 1. The molecule has 50 valence electrons. The van der Waals surface area contributed by atoms with Crippen molar-refractivity contribution >= 4 is 15.9 Å². The van der Waals surface area contributed by atoms with E-state index >= 15 is 0 Å². The standard InChI is InChI=1S/C6H9BrN2/c1-6(8)3-2-5(7)4-9-6/h2-4,9H,8H2,1H3. The lowest BCUT2D eigenvalue weighted by Gasteiger charge is -2.23. The second-order valence-corrected chi connectivity index (χ2v) is 3.21. The molecule has 0 spiro atoms. The Hall–Kier alpha value is -0.280. The molecule has 0 amide bonds. The van der Waals surface area contributed by atoms with E-state index in [4.69, 9.17) is 5.73 Å². The first-order valence-corrected chi connectivity index (χ1v) is 3.51. The second kappa shape index (κ2) is 2.15. The molecule has 9 heavy (non-hydrogen) atoms. The SMILES string of the molecule is CC1(N)C=CC(Br)=CN1. The van der Waals surface area contributed by atoms with Gasteiger partial charge < -0.3 is 11.1 Å². The Balaban J connectivity index is 2.70. The summed E-state index contributed by atoms with van der Waals surface area (Å²) in [6.45, 7) is 1.90. The predicted molar refractivity (Wildman–Crippen MR) is 41.9 cm³/mol. The fourth-order valence-electron chi connectivity index (χ4n) is 0.573. The van der Waals surface area contributed by atoms with Crippen LogP contribution in [0.25, 0.3) is 0 Å². The molecule has 0 aromatic heterocycles. The minimum atomic E-state index is -0.378. The summed E-state index contributed by atoms with van der Waals surface area (Å²) in [5.41, 5.74) is 5.30. The monoisotopic (exact) mass is 188 g/mol. The Bertz CT molecular complexity index is 170. The minimum absolute atomic E-state index is 0.378. The van der Waals surface area contributed by atoms with Gasteiger partial charge in [-0.25, -0.2) is 0 Å². The van der Waals surface area contributed by atoms with Gasteiger partial charge in [-0.05, 0) is 35.0 Å². The zero-order valence-electron chi connectivity index (χ0n) is 5.19. The molecular weight excluding hydrogens is 180 g/mol. The minimum Gasteiger partial charge on any atom is -0.369 e. The molecule has 0 aliphatic carbocycles. The number of halogens is 1. The van der Waals surface area contributed by atoms with Crippen molar-refractivity contribution in [1.29, 1.82) is 0 Å². The highest BCUT2D eigenvalue weighted by atomic mass is 79.9. The predicted octanol–water partition coefficient (Wildman–Crippen LogP) is 1.06. The van der Waals surface area contributed by atoms with Crippen molar-refractivity contribution in [2.24, 2.45) is 5.73 Å². The first-order valence-electron chi connectivity index (χ1n) is 2.72. The Morgan fingerprint density at radius 1 is 1.78 bits per heavy atom. The van der Waals surface area contributed by atoms with Crippen molar-refractivity contribution < 1.29 is 0 Å². The summed E-state index contributed by atoms with van der Waals surface area (Å²) in [6.07, 6.45) is 5.66. The quantitative estimate of drug-likeness (QED) is 0.597. The highest BCUT2D eigenvalue weighted by Gasteiger charge is 2.13. The Kier molecular flexibility index (Phi) is 1.64. The van der Waals surface area contributed by atoms with E-state index < -0.39 is 0 Å². The molecule has 1 atom stereocenters. The lowest BCUT2D eigenvalue weighted by Crippen LogP contribution is -2.47. The maximum Gasteiger partial charge on any atom is 0.102 e. The van der Waals surface area contributed by atoms with Crippen LogP contribution in [0, 0.1) is 0 Å². The zero-order valence-corrected chi connectivity index (χ0v) is 6.77. The molecule has 3 heteroatoms. The summed E-state index contributed by atoms with van der Waals surface area (Å²) < 4.78 is 1.02. The molecule has 0 radical (unpaired) electrons. The van der Waals surface area contributed by atoms with Crippen LogP contribution in [0.2, 0.25) is 0 Å². The van der Waals surface area contributed by atoms with Gasteiger partial charge in [-0.3, -0.25) is 0 Å². The summed E-state index contributed by atoms with van der Waals surface area (Å²) in [6, 6.07) is 0. The number of hydrogen-bond donors (Lipinski definition) is 2. The van der Waals surface area contributed by atoms with Gasteiger partial charge in [-0.2, -0.15) is 0 Å². The maximum absolute atomic E-state index is 5.68. The van der Waals surface area contributed by atoms with Gasteiger partial charge in [0.25, 0.3) is 0 Å². The topological polar surface area (TPSA) is 38.0 Å². The number of rotatable bonds is 0. The third-order valence-corrected chi connectivity index (χ3v) is 1.60. The van der Waals surface area contributed by atoms with E-state index in [0.29, 0.717) is 0 Å². The first kappa shape index (κ1) is 6.83. The van der Waals surface area contributed by atoms with Gasteiger partial charge in [0.2, 0.25) is 0 Å². The van der Waals surface area contributed by atoms with Crippen LogP contribution < -0.4 is 11.1 Å². The molecule has 1 aliphatic rings. The summed E-state index contributed by atoms with van der Waals surface area (Å²) >= 11 is 3.30. The van der Waals surface area contributed by atoms with Crippen molar-refractivity contribution in [2.75, 3.05) is 0 Å². The van der Waals surface area contributed by atoms with Crippen LogP contribution in [0.1, 0.15) is 6.92 Å². The van der Waals surface area contributed by atoms with Gasteiger partial charge >= 0.3 is 0 Å². The van der Waals surface area contributed by atoms with E-state index in [1.165, 1.54) is 0 Å². The fourth-order valence-corrected chi connectivity index (χ4v) is 0.820. The molecule has 2 nitrogen and oxygen atoms in total. The summed E-state index contributed by atoms with van der Waals surface area (Å²) in [5.74, 6) is 0. The molecule has 0 saturated heterocycles. The van der Waals surface area contributed by atoms with Gasteiger partial charge in [0.1, 0.15) is 5.66 Å². The molecule has 1 heterocycles. The van der Waals surface area contributed by atoms with Crippen LogP contribution in [-0.2, 0) is 0 Å². The van der Waals surface area contributed by atoms with Crippen molar-refractivity contribution in [2.45, 2.75) is 12.6 Å². The summed E-state index contributed by atoms with van der Waals surface area (Å²) in [4.78, 5) is 0. The van der Waals surface area contributed by atoms with Gasteiger partial charge in [0.05, 0.1) is 0 Å². The second-order valence-electron chi connectivity index (χ2n) is 2.29. The van der Waals surface area contributed by atoms with Crippen molar-refractivity contribution in [3.8, 4) is 0 Å². The molecular formula is C6H9BrN2. The smallest absolute Gasteiger partial charge is 0.102 e. The van der Waals surface area contributed by atoms with E-state index in [1.807, 2.05) is 25.3 Å². The highest BCUT2D eigenvalue weighted by molar-refractivity contribution is 9.11. The summed E-state index contributed by atoms with van der Waals surface area (Å²) in [7, 11) is 0. The maximum atomic E-state index is 5.68. The molecule has 1 aliphatic heterocycles. The van der Waals surface area contributed by atoms with E-state index in [0.717, 1.165) is 4.48 Å². The fraction of sp³-hybridized carbons (Fsp3) is 0.333. The van der Waals surface area contributed by atoms with Crippen LogP contribution >= 0.6 is 15.9 Å². The van der Waals surface area contributed by atoms with Gasteiger partial charge in [-0.1, -0.05) is 0 Å². The normalized spacial score (nSPS) is 33.4. The van der Waals surface area contributed by atoms with Crippen molar-refractivity contribution in [3.63, 3.8) is 0 Å². The molecule has 0 bridgehead atoms. The van der Waals surface area contributed by atoms with Gasteiger partial charge in [0, 0.05) is 10.7 Å². The Morgan fingerprint density at radius 2 is 2.44 bits per heavy atom. The van der Waals surface area contributed by atoms with E-state index in [9.17, 15) is 0 Å². The largest absolute Gasteiger partial charge is 0.369 e. The van der Waals surface area contributed by atoms with E-state index in [1.54, 1.807) is 0 Å². The average Bonchev–Trinajstić information content (AvgIpc) is 1.78. The number of hydrogen-bond acceptors (Lipinski definition) is 2. The lowest BCUT2D eigenvalue weighted by atomic mass is 10.2. The molecule has 3 N–H and O–H groups in total. The molecule has 1 unspecified atom stereocenters. The Labute approximate surface area is 62.9 Å². The van der Waals surface area contributed by atoms with Crippen LogP contribution in [0.3, 0.4) is 0 Å². The number of nitrogens with two attached hydrogens (primary N) is 1. The van der Waals surface area contributed by atoms with Crippen LogP contribution in [0.5, 0.6) is 0 Å². The third-order valence-electron chi connectivity index (χ3n) is 1.11. The van der Waals surface area contributed by atoms with Crippen molar-refractivity contribution in [3.05, 3.63) is 22.8 Å². The lowest BCUT2D eigenvalue weighted by molar-refractivity contribution is 0.518. The van der Waals surface area contributed by atoms with Crippen LogP contribution in [0.4, 0.5) is 0 Å². The van der Waals surface area contributed by atoms with Crippen LogP contribution in [0.15, 0.2) is 22.8 Å². The van der Waals surface area contributed by atoms with Crippen molar-refractivity contribution in [1.82, 2.24) is 5.32 Å². The third kappa shape index (κ3) is 1.84. The zero-order chi connectivity index (χ0) is 6.91. The van der Waals surface area contributed by atoms with Gasteiger partial charge in [-0.15, -0.1) is 0 Å². The number of allylic oxidation sites excluding steroid dienone is 2. The highest BCUT2D eigenvalue weighted by Crippen LogP contribution is 2.12. The molecule has 0 aromatic rings. The first-order chi connectivity index (χ1) is 4.10. The number of dihydropyridines is 1. The summed E-state index contributed by atoms with van der Waals surface area (Å²) in [5, 5.41) is 2.99. The van der Waals surface area contributed by atoms with Gasteiger partial charge in [0.15, 0.2) is 0 Å². The average molecular weight is 189 g/mol. The Morgan fingerprint density at radius 3 is 2.78 bits per heavy atom. The molecule has 1 rings (SSSR count). The molecule has 0 aromatic carbocycles. The van der Waals surface area contributed by atoms with Crippen LogP contribution in [-0.4, -0.2) is 5.66 Å². The molecule has 0 fully saturated rings. The van der Waals surface area contributed by atoms with E-state index in [-0.39, 0.29) is 5.66 Å². The molecule has 0 saturated carbocycles.